The first-order valence-corrected chi connectivity index (χ1v) is 7.26. The fourth-order valence-electron chi connectivity index (χ4n) is 2.80. The van der Waals surface area contributed by atoms with Crippen LogP contribution in [0.25, 0.3) is 0 Å². The summed E-state index contributed by atoms with van der Waals surface area (Å²) < 4.78 is 0. The van der Waals surface area contributed by atoms with Crippen LogP contribution in [0.3, 0.4) is 0 Å². The van der Waals surface area contributed by atoms with E-state index in [-0.39, 0.29) is 5.41 Å². The van der Waals surface area contributed by atoms with Crippen molar-refractivity contribution in [2.24, 2.45) is 5.73 Å². The van der Waals surface area contributed by atoms with E-state index in [9.17, 15) is 0 Å². The van der Waals surface area contributed by atoms with Crippen molar-refractivity contribution < 1.29 is 0 Å². The van der Waals surface area contributed by atoms with Gasteiger partial charge in [0.25, 0.3) is 0 Å². The van der Waals surface area contributed by atoms with Gasteiger partial charge in [0.05, 0.1) is 0 Å². The highest BCUT2D eigenvalue weighted by Gasteiger charge is 2.31. The molecule has 0 amide bonds. The summed E-state index contributed by atoms with van der Waals surface area (Å²) in [4.78, 5) is 0. The highest BCUT2D eigenvalue weighted by molar-refractivity contribution is 5.40. The fourth-order valence-corrected chi connectivity index (χ4v) is 2.80. The van der Waals surface area contributed by atoms with Gasteiger partial charge in [-0.15, -0.1) is 0 Å². The zero-order valence-corrected chi connectivity index (χ0v) is 12.1. The molecule has 2 aromatic carbocycles. The molecule has 0 aliphatic heterocycles. The van der Waals surface area contributed by atoms with Crippen molar-refractivity contribution in [3.8, 4) is 0 Å². The number of allylic oxidation sites excluding steroid dienone is 2. The summed E-state index contributed by atoms with van der Waals surface area (Å²) in [5, 5.41) is 0. The standard InChI is InChI=1S/C19H23N/c1-2-3-10-15-19(16-20,17-11-6-4-7-12-17)18-13-8-5-9-14-18/h2-9,11-14H,10,15-16,20H2,1H3/b3-2+. The first-order valence-electron chi connectivity index (χ1n) is 7.26. The van der Waals surface area contributed by atoms with Gasteiger partial charge in [-0.05, 0) is 30.9 Å². The maximum absolute atomic E-state index is 6.23. The largest absolute Gasteiger partial charge is 0.329 e. The number of hydrogen-bond donors (Lipinski definition) is 1. The molecule has 104 valence electrons. The summed E-state index contributed by atoms with van der Waals surface area (Å²) in [5.74, 6) is 0. The zero-order chi connectivity index (χ0) is 14.3. The lowest BCUT2D eigenvalue weighted by atomic mass is 9.71. The van der Waals surface area contributed by atoms with Crippen molar-refractivity contribution in [1.29, 1.82) is 0 Å². The summed E-state index contributed by atoms with van der Waals surface area (Å²) in [7, 11) is 0. The molecule has 0 saturated heterocycles. The first-order chi connectivity index (χ1) is 9.83. The van der Waals surface area contributed by atoms with Crippen molar-refractivity contribution >= 4 is 0 Å². The maximum atomic E-state index is 6.23. The Morgan fingerprint density at radius 2 is 1.40 bits per heavy atom. The van der Waals surface area contributed by atoms with Gasteiger partial charge >= 0.3 is 0 Å². The summed E-state index contributed by atoms with van der Waals surface area (Å²) in [6.07, 6.45) is 6.40. The molecule has 0 fully saturated rings. The van der Waals surface area contributed by atoms with Gasteiger partial charge in [0, 0.05) is 12.0 Å². The van der Waals surface area contributed by atoms with Gasteiger partial charge in [0.2, 0.25) is 0 Å². The van der Waals surface area contributed by atoms with E-state index >= 15 is 0 Å². The summed E-state index contributed by atoms with van der Waals surface area (Å²) in [6.45, 7) is 2.69. The Kier molecular flexibility index (Phi) is 5.14. The van der Waals surface area contributed by atoms with E-state index in [0.717, 1.165) is 12.8 Å². The van der Waals surface area contributed by atoms with E-state index in [4.69, 9.17) is 5.73 Å². The van der Waals surface area contributed by atoms with Gasteiger partial charge in [0.15, 0.2) is 0 Å². The Labute approximate surface area is 122 Å². The molecule has 0 heterocycles. The van der Waals surface area contributed by atoms with Crippen molar-refractivity contribution in [3.05, 3.63) is 83.9 Å². The van der Waals surface area contributed by atoms with Crippen LogP contribution in [-0.4, -0.2) is 6.54 Å². The Balaban J connectivity index is 2.46. The zero-order valence-electron chi connectivity index (χ0n) is 12.1. The Hall–Kier alpha value is -1.86. The third-order valence-electron chi connectivity index (χ3n) is 3.97. The van der Waals surface area contributed by atoms with Gasteiger partial charge in [-0.1, -0.05) is 72.8 Å². The topological polar surface area (TPSA) is 26.0 Å². The average molecular weight is 265 g/mol. The third-order valence-corrected chi connectivity index (χ3v) is 3.97. The lowest BCUT2D eigenvalue weighted by molar-refractivity contribution is 0.487. The van der Waals surface area contributed by atoms with Crippen LogP contribution in [0.5, 0.6) is 0 Å². The van der Waals surface area contributed by atoms with Crippen LogP contribution in [0.4, 0.5) is 0 Å². The summed E-state index contributed by atoms with van der Waals surface area (Å²) >= 11 is 0. The van der Waals surface area contributed by atoms with Crippen molar-refractivity contribution in [2.45, 2.75) is 25.2 Å². The average Bonchev–Trinajstić information content (AvgIpc) is 2.54. The van der Waals surface area contributed by atoms with Crippen molar-refractivity contribution in [3.63, 3.8) is 0 Å². The maximum Gasteiger partial charge on any atom is 0.0328 e. The molecule has 0 saturated carbocycles. The Bertz CT molecular complexity index is 489. The van der Waals surface area contributed by atoms with Gasteiger partial charge in [-0.3, -0.25) is 0 Å². The molecule has 2 N–H and O–H groups in total. The second-order valence-corrected chi connectivity index (χ2v) is 5.13. The van der Waals surface area contributed by atoms with Gasteiger partial charge in [0.1, 0.15) is 0 Å². The third kappa shape index (κ3) is 3.00. The quantitative estimate of drug-likeness (QED) is 0.775. The smallest absolute Gasteiger partial charge is 0.0328 e. The van der Waals surface area contributed by atoms with Crippen LogP contribution in [0.2, 0.25) is 0 Å². The minimum absolute atomic E-state index is 0.0952. The molecule has 0 aliphatic rings. The first kappa shape index (κ1) is 14.5. The number of rotatable bonds is 6. The molecule has 1 heteroatoms. The second-order valence-electron chi connectivity index (χ2n) is 5.13. The molecule has 0 radical (unpaired) electrons. The predicted octanol–water partition coefficient (Wildman–Crippen LogP) is 4.29. The molecule has 0 spiro atoms. The second kappa shape index (κ2) is 7.06. The minimum Gasteiger partial charge on any atom is -0.329 e. The molecule has 0 bridgehead atoms. The molecular weight excluding hydrogens is 242 g/mol. The molecule has 1 nitrogen and oxygen atoms in total. The van der Waals surface area contributed by atoms with E-state index in [1.165, 1.54) is 11.1 Å². The van der Waals surface area contributed by atoms with Crippen LogP contribution >= 0.6 is 0 Å². The molecule has 2 aromatic rings. The summed E-state index contributed by atoms with van der Waals surface area (Å²) in [5.41, 5.74) is 8.74. The van der Waals surface area contributed by atoms with E-state index in [1.807, 2.05) is 0 Å². The van der Waals surface area contributed by atoms with E-state index < -0.39 is 0 Å². The summed E-state index contributed by atoms with van der Waals surface area (Å²) in [6, 6.07) is 21.3. The number of hydrogen-bond acceptors (Lipinski definition) is 1. The molecule has 0 unspecified atom stereocenters. The van der Waals surface area contributed by atoms with Crippen molar-refractivity contribution in [1.82, 2.24) is 0 Å². The van der Waals surface area contributed by atoms with Crippen LogP contribution < -0.4 is 5.73 Å². The number of nitrogens with two attached hydrogens (primary N) is 1. The lowest BCUT2D eigenvalue weighted by Crippen LogP contribution is -2.36. The molecular formula is C19H23N. The SMILES string of the molecule is C/C=C/CCC(CN)(c1ccccc1)c1ccccc1. The highest BCUT2D eigenvalue weighted by atomic mass is 14.6. The Morgan fingerprint density at radius 1 is 0.900 bits per heavy atom. The van der Waals surface area contributed by atoms with Gasteiger partial charge in [-0.25, -0.2) is 0 Å². The Morgan fingerprint density at radius 3 is 1.80 bits per heavy atom. The molecule has 20 heavy (non-hydrogen) atoms. The van der Waals surface area contributed by atoms with E-state index in [0.29, 0.717) is 6.54 Å². The van der Waals surface area contributed by atoms with Crippen LogP contribution in [0.1, 0.15) is 30.9 Å². The van der Waals surface area contributed by atoms with Crippen LogP contribution in [0.15, 0.2) is 72.8 Å². The number of benzene rings is 2. The van der Waals surface area contributed by atoms with Crippen molar-refractivity contribution in [2.75, 3.05) is 6.54 Å². The van der Waals surface area contributed by atoms with E-state index in [2.05, 4.69) is 79.7 Å². The predicted molar refractivity (Wildman–Crippen MR) is 86.8 cm³/mol. The lowest BCUT2D eigenvalue weighted by Gasteiger charge is -2.34. The normalized spacial score (nSPS) is 11.9. The van der Waals surface area contributed by atoms with Gasteiger partial charge in [-0.2, -0.15) is 0 Å². The monoisotopic (exact) mass is 265 g/mol. The van der Waals surface area contributed by atoms with Gasteiger partial charge < -0.3 is 5.73 Å². The minimum atomic E-state index is -0.0952. The fraction of sp³-hybridized carbons (Fsp3) is 0.263. The molecule has 0 aliphatic carbocycles. The highest BCUT2D eigenvalue weighted by Crippen LogP contribution is 2.35. The van der Waals surface area contributed by atoms with Crippen LogP contribution in [0, 0.1) is 0 Å². The molecule has 2 rings (SSSR count). The van der Waals surface area contributed by atoms with E-state index in [1.54, 1.807) is 0 Å². The molecule has 0 aromatic heterocycles. The van der Waals surface area contributed by atoms with Crippen LogP contribution in [-0.2, 0) is 5.41 Å². The molecule has 0 atom stereocenters.